The number of unbranched alkanes of at least 4 members (excludes halogenated alkanes) is 19. The van der Waals surface area contributed by atoms with Gasteiger partial charge < -0.3 is 21.1 Å². The highest BCUT2D eigenvalue weighted by molar-refractivity contribution is 5.82. The number of nitrogens with two attached hydrogens (primary N) is 1. The molecule has 0 aliphatic rings. The molecular weight excluding hydrogens is 450 g/mol. The molecule has 0 aromatic rings. The third-order valence-electron chi connectivity index (χ3n) is 7.59. The summed E-state index contributed by atoms with van der Waals surface area (Å²) in [6, 6.07) is 0. The zero-order valence-corrected chi connectivity index (χ0v) is 24.1. The molecule has 0 spiro atoms. The molecule has 5 heteroatoms. The lowest BCUT2D eigenvalue weighted by Crippen LogP contribution is -2.44. The van der Waals surface area contributed by atoms with E-state index in [1.165, 1.54) is 103 Å². The standard InChI is InChI=1S/C31H63NO4/c1-3-5-7-9-11-13-14-15-16-17-19-21-23-25-28(34)30(31(32)36)29(35)26-27(33)24-22-20-18-12-10-8-6-4-2/h27-28,30-31,33-34,36H,3-26,32H2,1-2H3. The number of Topliss-reactive ketones (excluding diaryl/α,β-unsaturated/α-hetero) is 1. The molecule has 0 radical (unpaired) electrons. The number of aliphatic hydroxyl groups excluding tert-OH is 3. The molecule has 0 aromatic carbocycles. The van der Waals surface area contributed by atoms with Crippen molar-refractivity contribution < 1.29 is 20.1 Å². The highest BCUT2D eigenvalue weighted by Gasteiger charge is 2.32. The second-order valence-electron chi connectivity index (χ2n) is 11.2. The highest BCUT2D eigenvalue weighted by atomic mass is 16.3. The Balaban J connectivity index is 3.88. The van der Waals surface area contributed by atoms with E-state index in [4.69, 9.17) is 5.73 Å². The van der Waals surface area contributed by atoms with Crippen LogP contribution in [0.15, 0.2) is 0 Å². The summed E-state index contributed by atoms with van der Waals surface area (Å²) in [5.41, 5.74) is 5.64. The lowest BCUT2D eigenvalue weighted by Gasteiger charge is -2.25. The molecule has 0 rings (SSSR count). The fourth-order valence-corrected chi connectivity index (χ4v) is 5.17. The normalized spacial score (nSPS) is 15.1. The summed E-state index contributed by atoms with van der Waals surface area (Å²) in [5, 5.41) is 30.7. The molecule has 4 unspecified atom stereocenters. The SMILES string of the molecule is CCCCCCCCCCCCCCCC(O)C(C(=O)CC(O)CCCCCCCCCC)C(N)O. The van der Waals surface area contributed by atoms with Crippen LogP contribution in [0.4, 0.5) is 0 Å². The van der Waals surface area contributed by atoms with Crippen molar-refractivity contribution in [3.63, 3.8) is 0 Å². The maximum atomic E-state index is 12.6. The van der Waals surface area contributed by atoms with Crippen LogP contribution < -0.4 is 5.73 Å². The Bertz CT molecular complexity index is 471. The van der Waals surface area contributed by atoms with Crippen LogP contribution in [0.3, 0.4) is 0 Å². The van der Waals surface area contributed by atoms with Gasteiger partial charge in [0.25, 0.3) is 0 Å². The smallest absolute Gasteiger partial charge is 0.145 e. The zero-order chi connectivity index (χ0) is 26.9. The fourth-order valence-electron chi connectivity index (χ4n) is 5.17. The summed E-state index contributed by atoms with van der Waals surface area (Å²) in [6.07, 6.45) is 23.8. The maximum Gasteiger partial charge on any atom is 0.145 e. The Morgan fingerprint density at radius 2 is 0.889 bits per heavy atom. The summed E-state index contributed by atoms with van der Waals surface area (Å²) in [7, 11) is 0. The van der Waals surface area contributed by atoms with Crippen molar-refractivity contribution in [3.8, 4) is 0 Å². The second kappa shape index (κ2) is 26.1. The van der Waals surface area contributed by atoms with Crippen LogP contribution in [0.5, 0.6) is 0 Å². The molecule has 0 amide bonds. The van der Waals surface area contributed by atoms with Gasteiger partial charge in [0.2, 0.25) is 0 Å². The Morgan fingerprint density at radius 1 is 0.556 bits per heavy atom. The van der Waals surface area contributed by atoms with E-state index in [-0.39, 0.29) is 12.2 Å². The van der Waals surface area contributed by atoms with E-state index in [1.54, 1.807) is 0 Å². The van der Waals surface area contributed by atoms with Crippen LogP contribution in [0.25, 0.3) is 0 Å². The van der Waals surface area contributed by atoms with Gasteiger partial charge in [-0.1, -0.05) is 149 Å². The topological polar surface area (TPSA) is 104 Å². The summed E-state index contributed by atoms with van der Waals surface area (Å²) in [4.78, 5) is 12.6. The zero-order valence-electron chi connectivity index (χ0n) is 24.1. The minimum atomic E-state index is -1.38. The molecule has 4 atom stereocenters. The molecular formula is C31H63NO4. The highest BCUT2D eigenvalue weighted by Crippen LogP contribution is 2.20. The van der Waals surface area contributed by atoms with E-state index in [0.717, 1.165) is 32.1 Å². The van der Waals surface area contributed by atoms with Crippen molar-refractivity contribution in [1.29, 1.82) is 0 Å². The number of rotatable bonds is 28. The first-order valence-electron chi connectivity index (χ1n) is 15.8. The monoisotopic (exact) mass is 513 g/mol. The van der Waals surface area contributed by atoms with Crippen LogP contribution in [-0.4, -0.2) is 39.5 Å². The van der Waals surface area contributed by atoms with Gasteiger partial charge in [-0.25, -0.2) is 0 Å². The van der Waals surface area contributed by atoms with Crippen LogP contribution in [0, 0.1) is 5.92 Å². The molecule has 5 nitrogen and oxygen atoms in total. The van der Waals surface area contributed by atoms with E-state index in [0.29, 0.717) is 12.8 Å². The number of hydrogen-bond donors (Lipinski definition) is 4. The van der Waals surface area contributed by atoms with Gasteiger partial charge in [-0.3, -0.25) is 4.79 Å². The molecule has 0 saturated heterocycles. The predicted molar refractivity (Wildman–Crippen MR) is 153 cm³/mol. The summed E-state index contributed by atoms with van der Waals surface area (Å²) in [6.45, 7) is 4.47. The number of hydrogen-bond acceptors (Lipinski definition) is 5. The van der Waals surface area contributed by atoms with Crippen LogP contribution in [0.1, 0.15) is 168 Å². The maximum absolute atomic E-state index is 12.6. The number of aliphatic hydroxyl groups is 3. The molecule has 0 fully saturated rings. The summed E-state index contributed by atoms with van der Waals surface area (Å²) in [5.74, 6) is -1.32. The van der Waals surface area contributed by atoms with Gasteiger partial charge in [-0.15, -0.1) is 0 Å². The molecule has 0 saturated carbocycles. The van der Waals surface area contributed by atoms with E-state index in [2.05, 4.69) is 13.8 Å². The summed E-state index contributed by atoms with van der Waals surface area (Å²) >= 11 is 0. The van der Waals surface area contributed by atoms with E-state index < -0.39 is 24.4 Å². The lowest BCUT2D eigenvalue weighted by atomic mass is 9.88. The van der Waals surface area contributed by atoms with Crippen molar-refractivity contribution in [1.82, 2.24) is 0 Å². The Labute approximate surface area is 224 Å². The molecule has 5 N–H and O–H groups in total. The first kappa shape index (κ1) is 35.5. The third-order valence-corrected chi connectivity index (χ3v) is 7.59. The number of carbonyl (C=O) groups excluding carboxylic acids is 1. The van der Waals surface area contributed by atoms with Crippen molar-refractivity contribution in [2.45, 2.75) is 186 Å². The number of ketones is 1. The van der Waals surface area contributed by atoms with Gasteiger partial charge in [0, 0.05) is 6.42 Å². The van der Waals surface area contributed by atoms with Crippen LogP contribution >= 0.6 is 0 Å². The van der Waals surface area contributed by atoms with Crippen LogP contribution in [-0.2, 0) is 4.79 Å². The Kier molecular flexibility index (Phi) is 25.8. The quantitative estimate of drug-likeness (QED) is 0.0638. The third kappa shape index (κ3) is 21.6. The Hall–Kier alpha value is -0.490. The van der Waals surface area contributed by atoms with E-state index in [9.17, 15) is 20.1 Å². The molecule has 0 aliphatic carbocycles. The lowest BCUT2D eigenvalue weighted by molar-refractivity contribution is -0.133. The van der Waals surface area contributed by atoms with Crippen molar-refractivity contribution in [2.24, 2.45) is 11.7 Å². The van der Waals surface area contributed by atoms with Gasteiger partial charge in [0.1, 0.15) is 12.0 Å². The molecule has 0 aromatic heterocycles. The minimum Gasteiger partial charge on any atom is -0.393 e. The van der Waals surface area contributed by atoms with Gasteiger partial charge >= 0.3 is 0 Å². The Morgan fingerprint density at radius 3 is 1.25 bits per heavy atom. The molecule has 36 heavy (non-hydrogen) atoms. The first-order chi connectivity index (χ1) is 17.4. The largest absolute Gasteiger partial charge is 0.393 e. The average molecular weight is 514 g/mol. The molecule has 0 heterocycles. The second-order valence-corrected chi connectivity index (χ2v) is 11.2. The minimum absolute atomic E-state index is 0.0366. The van der Waals surface area contributed by atoms with Gasteiger partial charge in [-0.05, 0) is 12.8 Å². The van der Waals surface area contributed by atoms with Crippen molar-refractivity contribution in [2.75, 3.05) is 0 Å². The van der Waals surface area contributed by atoms with E-state index in [1.807, 2.05) is 0 Å². The molecule has 0 bridgehead atoms. The molecule has 0 aliphatic heterocycles. The van der Waals surface area contributed by atoms with Crippen molar-refractivity contribution >= 4 is 5.78 Å². The average Bonchev–Trinajstić information content (AvgIpc) is 2.83. The predicted octanol–water partition coefficient (Wildman–Crippen LogP) is 7.57. The van der Waals surface area contributed by atoms with Gasteiger partial charge in [-0.2, -0.15) is 0 Å². The first-order valence-corrected chi connectivity index (χ1v) is 15.8. The van der Waals surface area contributed by atoms with Gasteiger partial charge in [0.05, 0.1) is 18.1 Å². The van der Waals surface area contributed by atoms with Gasteiger partial charge in [0.15, 0.2) is 0 Å². The number of carbonyl (C=O) groups is 1. The van der Waals surface area contributed by atoms with Crippen LogP contribution in [0.2, 0.25) is 0 Å². The van der Waals surface area contributed by atoms with Crippen molar-refractivity contribution in [3.05, 3.63) is 0 Å². The van der Waals surface area contributed by atoms with E-state index >= 15 is 0 Å². The summed E-state index contributed by atoms with van der Waals surface area (Å²) < 4.78 is 0. The molecule has 216 valence electrons. The fraction of sp³-hybridized carbons (Fsp3) is 0.968.